The van der Waals surface area contributed by atoms with Crippen LogP contribution in [0.2, 0.25) is 0 Å². The minimum absolute atomic E-state index is 0.0193. The predicted octanol–water partition coefficient (Wildman–Crippen LogP) is 0.461. The van der Waals surface area contributed by atoms with E-state index in [0.29, 0.717) is 23.4 Å². The van der Waals surface area contributed by atoms with Crippen molar-refractivity contribution in [2.24, 2.45) is 5.73 Å². The summed E-state index contributed by atoms with van der Waals surface area (Å²) in [5.74, 6) is 1.33. The Balaban J connectivity index is 2.71. The number of imidazole rings is 1. The van der Waals surface area contributed by atoms with Crippen LogP contribution in [0.25, 0.3) is 11.2 Å². The number of rotatable bonds is 3. The highest BCUT2D eigenvalue weighted by atomic mass is 15.2. The van der Waals surface area contributed by atoms with E-state index >= 15 is 0 Å². The molecule has 2 rings (SSSR count). The van der Waals surface area contributed by atoms with Gasteiger partial charge in [-0.1, -0.05) is 0 Å². The van der Waals surface area contributed by atoms with Crippen molar-refractivity contribution < 1.29 is 0 Å². The second-order valence-electron chi connectivity index (χ2n) is 4.81. The molecule has 6 N–H and O–H groups in total. The number of nitrogens with two attached hydrogens (primary N) is 3. The molecule has 1 atom stereocenters. The van der Waals surface area contributed by atoms with Crippen molar-refractivity contribution in [3.8, 4) is 0 Å². The molecule has 0 aromatic carbocycles. The maximum absolute atomic E-state index is 5.84. The zero-order valence-corrected chi connectivity index (χ0v) is 10.9. The molecule has 0 saturated heterocycles. The van der Waals surface area contributed by atoms with Gasteiger partial charge in [-0.15, -0.1) is 0 Å². The number of nitrogen functional groups attached to an aromatic ring is 2. The summed E-state index contributed by atoms with van der Waals surface area (Å²) in [7, 11) is 0. The standard InChI is InChI=1S/C11H19N7/c1-5(2)18-7(4-6(3)12)15-8-9(13)16-11(14)17-10(8)18/h5-6H,4,12H2,1-3H3,(H4,13,14,16,17). The normalized spacial score (nSPS) is 13.4. The molecule has 0 bridgehead atoms. The predicted molar refractivity (Wildman–Crippen MR) is 71.9 cm³/mol. The topological polar surface area (TPSA) is 122 Å². The van der Waals surface area contributed by atoms with Gasteiger partial charge in [0.15, 0.2) is 17.0 Å². The van der Waals surface area contributed by atoms with E-state index in [4.69, 9.17) is 17.2 Å². The lowest BCUT2D eigenvalue weighted by molar-refractivity contribution is 0.561. The first kappa shape index (κ1) is 12.6. The Bertz CT molecular complexity index is 570. The highest BCUT2D eigenvalue weighted by molar-refractivity contribution is 5.83. The highest BCUT2D eigenvalue weighted by Crippen LogP contribution is 2.24. The first-order valence-electron chi connectivity index (χ1n) is 5.95. The van der Waals surface area contributed by atoms with Crippen molar-refractivity contribution in [1.82, 2.24) is 19.5 Å². The van der Waals surface area contributed by atoms with E-state index in [1.54, 1.807) is 0 Å². The fourth-order valence-corrected chi connectivity index (χ4v) is 2.03. The van der Waals surface area contributed by atoms with E-state index in [0.717, 1.165) is 5.82 Å². The van der Waals surface area contributed by atoms with Crippen molar-refractivity contribution in [2.45, 2.75) is 39.3 Å². The summed E-state index contributed by atoms with van der Waals surface area (Å²) in [4.78, 5) is 12.7. The zero-order valence-electron chi connectivity index (χ0n) is 10.9. The number of hydrogen-bond donors (Lipinski definition) is 3. The summed E-state index contributed by atoms with van der Waals surface area (Å²) in [5, 5.41) is 0. The molecule has 7 nitrogen and oxygen atoms in total. The van der Waals surface area contributed by atoms with Gasteiger partial charge in [0, 0.05) is 18.5 Å². The fourth-order valence-electron chi connectivity index (χ4n) is 2.03. The number of nitrogens with zero attached hydrogens (tertiary/aromatic N) is 4. The molecule has 0 amide bonds. The van der Waals surface area contributed by atoms with Gasteiger partial charge in [0.2, 0.25) is 5.95 Å². The van der Waals surface area contributed by atoms with E-state index in [1.807, 2.05) is 11.5 Å². The number of fused-ring (bicyclic) bond motifs is 1. The molecule has 2 aromatic heterocycles. The maximum atomic E-state index is 5.84. The Morgan fingerprint density at radius 3 is 2.33 bits per heavy atom. The van der Waals surface area contributed by atoms with E-state index in [-0.39, 0.29) is 18.0 Å². The van der Waals surface area contributed by atoms with Crippen molar-refractivity contribution in [2.75, 3.05) is 11.5 Å². The third-order valence-electron chi connectivity index (χ3n) is 2.68. The van der Waals surface area contributed by atoms with Crippen LogP contribution in [0.1, 0.15) is 32.6 Å². The Hall–Kier alpha value is -1.89. The SMILES string of the molecule is CC(N)Cc1nc2c(N)nc(N)nc2n1C(C)C. The molecule has 18 heavy (non-hydrogen) atoms. The van der Waals surface area contributed by atoms with Crippen LogP contribution in [-0.4, -0.2) is 25.6 Å². The number of hydrogen-bond acceptors (Lipinski definition) is 6. The van der Waals surface area contributed by atoms with Gasteiger partial charge in [-0.2, -0.15) is 9.97 Å². The van der Waals surface area contributed by atoms with Crippen molar-refractivity contribution in [1.29, 1.82) is 0 Å². The summed E-state index contributed by atoms with van der Waals surface area (Å²) in [6.07, 6.45) is 0.661. The van der Waals surface area contributed by atoms with E-state index in [2.05, 4.69) is 28.8 Å². The van der Waals surface area contributed by atoms with E-state index < -0.39 is 0 Å². The van der Waals surface area contributed by atoms with Crippen LogP contribution in [0.3, 0.4) is 0 Å². The van der Waals surface area contributed by atoms with Gasteiger partial charge in [0.1, 0.15) is 5.82 Å². The van der Waals surface area contributed by atoms with Gasteiger partial charge in [0.05, 0.1) is 0 Å². The van der Waals surface area contributed by atoms with Gasteiger partial charge in [0.25, 0.3) is 0 Å². The molecule has 98 valence electrons. The summed E-state index contributed by atoms with van der Waals surface area (Å²) in [5.41, 5.74) is 18.6. The molecule has 0 fully saturated rings. The van der Waals surface area contributed by atoms with Crippen LogP contribution in [-0.2, 0) is 6.42 Å². The third kappa shape index (κ3) is 2.08. The highest BCUT2D eigenvalue weighted by Gasteiger charge is 2.18. The molecule has 1 unspecified atom stereocenters. The van der Waals surface area contributed by atoms with Gasteiger partial charge in [-0.25, -0.2) is 4.98 Å². The first-order chi connectivity index (χ1) is 8.40. The summed E-state index contributed by atoms with van der Waals surface area (Å²) in [6.45, 7) is 6.05. The molecule has 7 heteroatoms. The van der Waals surface area contributed by atoms with Gasteiger partial charge < -0.3 is 21.8 Å². The van der Waals surface area contributed by atoms with Crippen molar-refractivity contribution >= 4 is 22.9 Å². The average Bonchev–Trinajstić information content (AvgIpc) is 2.54. The molecule has 0 saturated carbocycles. The average molecular weight is 249 g/mol. The van der Waals surface area contributed by atoms with Crippen molar-refractivity contribution in [3.63, 3.8) is 0 Å². The minimum atomic E-state index is 0.0193. The molecule has 0 aliphatic heterocycles. The summed E-state index contributed by atoms with van der Waals surface area (Å²) in [6, 6.07) is 0.225. The third-order valence-corrected chi connectivity index (χ3v) is 2.68. The van der Waals surface area contributed by atoms with E-state index in [1.165, 1.54) is 0 Å². The second-order valence-corrected chi connectivity index (χ2v) is 4.81. The molecular weight excluding hydrogens is 230 g/mol. The van der Waals surface area contributed by atoms with Crippen LogP contribution >= 0.6 is 0 Å². The molecule has 0 aliphatic rings. The first-order valence-corrected chi connectivity index (χ1v) is 5.95. The number of aromatic nitrogens is 4. The molecule has 0 spiro atoms. The van der Waals surface area contributed by atoms with Gasteiger partial charge in [-0.05, 0) is 20.8 Å². The molecule has 2 aromatic rings. The second kappa shape index (κ2) is 4.41. The monoisotopic (exact) mass is 249 g/mol. The van der Waals surface area contributed by atoms with E-state index in [9.17, 15) is 0 Å². The smallest absolute Gasteiger partial charge is 0.224 e. The largest absolute Gasteiger partial charge is 0.382 e. The zero-order chi connectivity index (χ0) is 13.4. The lowest BCUT2D eigenvalue weighted by Gasteiger charge is -2.13. The van der Waals surface area contributed by atoms with Gasteiger partial charge >= 0.3 is 0 Å². The Morgan fingerprint density at radius 2 is 1.78 bits per heavy atom. The Morgan fingerprint density at radius 1 is 1.11 bits per heavy atom. The minimum Gasteiger partial charge on any atom is -0.382 e. The van der Waals surface area contributed by atoms with Crippen LogP contribution in [0.5, 0.6) is 0 Å². The van der Waals surface area contributed by atoms with Gasteiger partial charge in [-0.3, -0.25) is 0 Å². The Kier molecular flexibility index (Phi) is 3.08. The fraction of sp³-hybridized carbons (Fsp3) is 0.545. The summed E-state index contributed by atoms with van der Waals surface area (Å²) < 4.78 is 2.01. The maximum Gasteiger partial charge on any atom is 0.224 e. The molecular formula is C11H19N7. The molecule has 0 aliphatic carbocycles. The summed E-state index contributed by atoms with van der Waals surface area (Å²) >= 11 is 0. The lowest BCUT2D eigenvalue weighted by atomic mass is 10.2. The van der Waals surface area contributed by atoms with Crippen LogP contribution < -0.4 is 17.2 Å². The quantitative estimate of drug-likeness (QED) is 0.726. The Labute approximate surface area is 105 Å². The van der Waals surface area contributed by atoms with Crippen LogP contribution in [0, 0.1) is 0 Å². The van der Waals surface area contributed by atoms with Crippen LogP contribution in [0.4, 0.5) is 11.8 Å². The molecule has 0 radical (unpaired) electrons. The number of anilines is 2. The molecule has 2 heterocycles. The lowest BCUT2D eigenvalue weighted by Crippen LogP contribution is -2.21. The van der Waals surface area contributed by atoms with Crippen molar-refractivity contribution in [3.05, 3.63) is 5.82 Å². The van der Waals surface area contributed by atoms with Crippen LogP contribution in [0.15, 0.2) is 0 Å².